The van der Waals surface area contributed by atoms with Crippen molar-refractivity contribution in [3.8, 4) is 0 Å². The third-order valence-electron chi connectivity index (χ3n) is 5.04. The van der Waals surface area contributed by atoms with Gasteiger partial charge in [0.05, 0.1) is 10.5 Å². The van der Waals surface area contributed by atoms with Crippen molar-refractivity contribution >= 4 is 16.0 Å². The molecule has 0 heterocycles. The molecule has 2 N–H and O–H groups in total. The smallest absolute Gasteiger partial charge is 0.335 e. The number of hydrogen-bond acceptors (Lipinski definition) is 3. The average molecular weight is 311 g/mol. The van der Waals surface area contributed by atoms with Crippen LogP contribution < -0.4 is 4.72 Å². The van der Waals surface area contributed by atoms with Crippen molar-refractivity contribution in [2.45, 2.75) is 45.6 Å². The van der Waals surface area contributed by atoms with E-state index in [1.807, 2.05) is 27.7 Å². The lowest BCUT2D eigenvalue weighted by Crippen LogP contribution is -2.30. The predicted octanol–water partition coefficient (Wildman–Crippen LogP) is 2.41. The first-order valence-corrected chi connectivity index (χ1v) is 8.26. The Morgan fingerprint density at radius 2 is 1.71 bits per heavy atom. The van der Waals surface area contributed by atoms with Crippen molar-refractivity contribution < 1.29 is 18.3 Å². The first kappa shape index (κ1) is 16.0. The third-order valence-corrected chi connectivity index (χ3v) is 6.46. The first-order chi connectivity index (χ1) is 9.41. The van der Waals surface area contributed by atoms with Crippen LogP contribution in [-0.4, -0.2) is 25.5 Å². The summed E-state index contributed by atoms with van der Waals surface area (Å²) < 4.78 is 27.6. The zero-order valence-corrected chi connectivity index (χ0v) is 13.7. The van der Waals surface area contributed by atoms with E-state index in [2.05, 4.69) is 4.72 Å². The Bertz CT molecular complexity index is 690. The molecule has 0 radical (unpaired) electrons. The molecule has 0 spiro atoms. The quantitative estimate of drug-likeness (QED) is 0.894. The van der Waals surface area contributed by atoms with Gasteiger partial charge in [-0.3, -0.25) is 0 Å². The molecule has 0 aliphatic heterocycles. The molecule has 0 aromatic heterocycles. The highest BCUT2D eigenvalue weighted by atomic mass is 32.2. The van der Waals surface area contributed by atoms with Gasteiger partial charge in [0.15, 0.2) is 0 Å². The maximum absolute atomic E-state index is 12.4. The summed E-state index contributed by atoms with van der Waals surface area (Å²) in [5.74, 6) is -1.13. The van der Waals surface area contributed by atoms with Crippen LogP contribution in [0.15, 0.2) is 23.1 Å². The van der Waals surface area contributed by atoms with E-state index in [4.69, 9.17) is 5.11 Å². The van der Waals surface area contributed by atoms with Crippen LogP contribution in [0.4, 0.5) is 0 Å². The largest absolute Gasteiger partial charge is 0.478 e. The average Bonchev–Trinajstić information content (AvgIpc) is 2.71. The van der Waals surface area contributed by atoms with Gasteiger partial charge in [-0.2, -0.15) is 0 Å². The molecular formula is C15H21NO4S. The lowest BCUT2D eigenvalue weighted by molar-refractivity contribution is 0.0696. The number of nitrogens with one attached hydrogen (secondary N) is 1. The second-order valence-corrected chi connectivity index (χ2v) is 8.49. The summed E-state index contributed by atoms with van der Waals surface area (Å²) in [5, 5.41) is 9.10. The van der Waals surface area contributed by atoms with E-state index < -0.39 is 16.0 Å². The maximum Gasteiger partial charge on any atom is 0.335 e. The number of carboxylic acids is 1. The van der Waals surface area contributed by atoms with Crippen molar-refractivity contribution in [1.29, 1.82) is 0 Å². The van der Waals surface area contributed by atoms with Crippen LogP contribution in [0, 0.1) is 17.8 Å². The van der Waals surface area contributed by atoms with Gasteiger partial charge in [-0.05, 0) is 35.4 Å². The Morgan fingerprint density at radius 1 is 1.19 bits per heavy atom. The van der Waals surface area contributed by atoms with Crippen LogP contribution >= 0.6 is 0 Å². The summed E-state index contributed by atoms with van der Waals surface area (Å²) in [5.41, 5.74) is 0.293. The van der Waals surface area contributed by atoms with E-state index in [9.17, 15) is 13.2 Å². The fourth-order valence-corrected chi connectivity index (χ4v) is 4.27. The minimum absolute atomic E-state index is 0.00666. The van der Waals surface area contributed by atoms with Gasteiger partial charge < -0.3 is 5.11 Å². The number of sulfonamides is 1. The summed E-state index contributed by atoms with van der Waals surface area (Å²) in [6, 6.07) is 4.00. The number of benzene rings is 1. The molecule has 1 aromatic carbocycles. The molecule has 116 valence electrons. The molecule has 1 aliphatic carbocycles. The second kappa shape index (κ2) is 4.55. The molecule has 1 aliphatic rings. The molecule has 1 aromatic rings. The monoisotopic (exact) mass is 311 g/mol. The summed E-state index contributed by atoms with van der Waals surface area (Å²) in [7, 11) is -3.73. The third kappa shape index (κ3) is 2.46. The molecule has 6 heteroatoms. The molecule has 1 fully saturated rings. The van der Waals surface area contributed by atoms with Crippen LogP contribution in [0.25, 0.3) is 0 Å². The normalized spacial score (nSPS) is 20.2. The van der Waals surface area contributed by atoms with Gasteiger partial charge in [0.2, 0.25) is 10.0 Å². The van der Waals surface area contributed by atoms with E-state index in [-0.39, 0.29) is 27.3 Å². The van der Waals surface area contributed by atoms with Crippen molar-refractivity contribution in [3.63, 3.8) is 0 Å². The number of hydrogen-bond donors (Lipinski definition) is 2. The summed E-state index contributed by atoms with van der Waals surface area (Å²) >= 11 is 0. The molecule has 2 rings (SSSR count). The van der Waals surface area contributed by atoms with E-state index in [0.717, 1.165) is 0 Å². The summed E-state index contributed by atoms with van der Waals surface area (Å²) in [4.78, 5) is 11.1. The standard InChI is InChI=1S/C15H21NO4S/c1-9-6-7-10(8-11(9)12(17)18)21(19,20)16-13-14(2,3)15(13,4)5/h6-8,13,16H,1-5H3,(H,17,18). The molecule has 5 nitrogen and oxygen atoms in total. The van der Waals surface area contributed by atoms with Crippen LogP contribution in [0.3, 0.4) is 0 Å². The summed E-state index contributed by atoms with van der Waals surface area (Å²) in [6.45, 7) is 9.69. The number of carboxylic acid groups (broad SMARTS) is 1. The molecule has 0 bridgehead atoms. The van der Waals surface area contributed by atoms with E-state index in [0.29, 0.717) is 5.56 Å². The highest BCUT2D eigenvalue weighted by Gasteiger charge is 2.66. The van der Waals surface area contributed by atoms with Crippen LogP contribution in [0.1, 0.15) is 43.6 Å². The minimum Gasteiger partial charge on any atom is -0.478 e. The topological polar surface area (TPSA) is 83.5 Å². The van der Waals surface area contributed by atoms with Crippen molar-refractivity contribution in [2.75, 3.05) is 0 Å². The first-order valence-electron chi connectivity index (χ1n) is 6.77. The van der Waals surface area contributed by atoms with Gasteiger partial charge in [-0.25, -0.2) is 17.9 Å². The lowest BCUT2D eigenvalue weighted by Gasteiger charge is -2.10. The Labute approximate surface area is 125 Å². The lowest BCUT2D eigenvalue weighted by atomic mass is 10.0. The van der Waals surface area contributed by atoms with Crippen molar-refractivity contribution in [1.82, 2.24) is 4.72 Å². The number of aromatic carboxylic acids is 1. The highest BCUT2D eigenvalue weighted by molar-refractivity contribution is 7.89. The zero-order valence-electron chi connectivity index (χ0n) is 12.9. The zero-order chi connectivity index (χ0) is 16.2. The predicted molar refractivity (Wildman–Crippen MR) is 79.8 cm³/mol. The van der Waals surface area contributed by atoms with Crippen molar-refractivity contribution in [2.24, 2.45) is 10.8 Å². The fraction of sp³-hybridized carbons (Fsp3) is 0.533. The Morgan fingerprint density at radius 3 is 2.14 bits per heavy atom. The molecule has 1 saturated carbocycles. The van der Waals surface area contributed by atoms with Gasteiger partial charge in [0.25, 0.3) is 0 Å². The molecule has 0 unspecified atom stereocenters. The molecule has 0 amide bonds. The van der Waals surface area contributed by atoms with Crippen molar-refractivity contribution in [3.05, 3.63) is 29.3 Å². The highest BCUT2D eigenvalue weighted by Crippen LogP contribution is 2.62. The van der Waals surface area contributed by atoms with E-state index in [1.54, 1.807) is 6.92 Å². The molecule has 0 atom stereocenters. The molecule has 0 saturated heterocycles. The Balaban J connectivity index is 2.34. The van der Waals surface area contributed by atoms with Gasteiger partial charge >= 0.3 is 5.97 Å². The second-order valence-electron chi connectivity index (χ2n) is 6.78. The SMILES string of the molecule is Cc1ccc(S(=O)(=O)NC2C(C)(C)C2(C)C)cc1C(=O)O. The van der Waals surface area contributed by atoms with Crippen LogP contribution in [0.5, 0.6) is 0 Å². The number of rotatable bonds is 4. The van der Waals surface area contributed by atoms with Gasteiger partial charge in [-0.15, -0.1) is 0 Å². The van der Waals surface area contributed by atoms with Crippen LogP contribution in [-0.2, 0) is 10.0 Å². The number of aryl methyl sites for hydroxylation is 1. The molecule has 21 heavy (non-hydrogen) atoms. The van der Waals surface area contributed by atoms with Gasteiger partial charge in [-0.1, -0.05) is 33.8 Å². The van der Waals surface area contributed by atoms with Crippen LogP contribution in [0.2, 0.25) is 0 Å². The Kier molecular flexibility index (Phi) is 3.46. The Hall–Kier alpha value is -1.40. The van der Waals surface area contributed by atoms with Gasteiger partial charge in [0, 0.05) is 6.04 Å². The summed E-state index contributed by atoms with van der Waals surface area (Å²) in [6.07, 6.45) is 0. The minimum atomic E-state index is -3.73. The van der Waals surface area contributed by atoms with Gasteiger partial charge in [0.1, 0.15) is 0 Å². The fourth-order valence-electron chi connectivity index (χ4n) is 2.71. The van der Waals surface area contributed by atoms with E-state index >= 15 is 0 Å². The van der Waals surface area contributed by atoms with E-state index in [1.165, 1.54) is 18.2 Å². The maximum atomic E-state index is 12.4. The molecular weight excluding hydrogens is 290 g/mol. The number of carbonyl (C=O) groups is 1.